The Kier molecular flexibility index (Phi) is 11.9. The van der Waals surface area contributed by atoms with Crippen LogP contribution in [0.3, 0.4) is 0 Å². The van der Waals surface area contributed by atoms with E-state index in [1.165, 1.54) is 70.6 Å². The van der Waals surface area contributed by atoms with Crippen molar-refractivity contribution < 1.29 is 14.3 Å². The molecule has 2 heterocycles. The van der Waals surface area contributed by atoms with Crippen molar-refractivity contribution in [2.45, 2.75) is 116 Å². The third-order valence-electron chi connectivity index (χ3n) is 5.52. The number of epoxide rings is 1. The quantitative estimate of drug-likeness (QED) is 0.176. The van der Waals surface area contributed by atoms with E-state index in [1.807, 2.05) is 12.1 Å². The molecular formula is C24H39NO3. The molecule has 1 saturated heterocycles. The fourth-order valence-electron chi connectivity index (χ4n) is 3.68. The van der Waals surface area contributed by atoms with Gasteiger partial charge in [-0.05, 0) is 25.3 Å². The molecule has 0 amide bonds. The van der Waals surface area contributed by atoms with Crippen molar-refractivity contribution in [1.82, 2.24) is 4.98 Å². The van der Waals surface area contributed by atoms with E-state index >= 15 is 0 Å². The summed E-state index contributed by atoms with van der Waals surface area (Å²) in [7, 11) is 0. The number of unbranched alkanes of at least 4 members (excludes halogenated alkanes) is 9. The lowest BCUT2D eigenvalue weighted by molar-refractivity contribution is -0.145. The number of aromatic nitrogens is 1. The Morgan fingerprint density at radius 3 is 2.25 bits per heavy atom. The first kappa shape index (κ1) is 22.9. The van der Waals surface area contributed by atoms with Gasteiger partial charge in [0.2, 0.25) is 0 Å². The fraction of sp³-hybridized carbons (Fsp3) is 0.750. The average Bonchev–Trinajstić information content (AvgIpc) is 3.47. The molecule has 1 fully saturated rings. The van der Waals surface area contributed by atoms with Crippen molar-refractivity contribution >= 4 is 5.97 Å². The predicted octanol–water partition coefficient (Wildman–Crippen LogP) is 6.37. The van der Waals surface area contributed by atoms with E-state index in [4.69, 9.17) is 9.47 Å². The molecule has 4 nitrogen and oxygen atoms in total. The van der Waals surface area contributed by atoms with Crippen LogP contribution < -0.4 is 0 Å². The maximum Gasteiger partial charge on any atom is 0.306 e. The monoisotopic (exact) mass is 389 g/mol. The summed E-state index contributed by atoms with van der Waals surface area (Å²) in [6.07, 6.45) is 21.5. The van der Waals surface area contributed by atoms with E-state index in [9.17, 15) is 4.79 Å². The molecule has 0 bridgehead atoms. The molecule has 0 saturated carbocycles. The van der Waals surface area contributed by atoms with Crippen molar-refractivity contribution in [2.75, 3.05) is 0 Å². The predicted molar refractivity (Wildman–Crippen MR) is 113 cm³/mol. The summed E-state index contributed by atoms with van der Waals surface area (Å²) in [5.74, 6) is -0.104. The van der Waals surface area contributed by atoms with Gasteiger partial charge in [-0.2, -0.15) is 0 Å². The Balaban J connectivity index is 1.32. The molecule has 2 atom stereocenters. The summed E-state index contributed by atoms with van der Waals surface area (Å²) in [6.45, 7) is 2.59. The second kappa shape index (κ2) is 14.6. The van der Waals surface area contributed by atoms with Crippen LogP contribution in [-0.4, -0.2) is 23.2 Å². The van der Waals surface area contributed by atoms with E-state index in [0.717, 1.165) is 18.4 Å². The summed E-state index contributed by atoms with van der Waals surface area (Å²) in [6, 6.07) is 3.77. The number of rotatable bonds is 17. The Bertz CT molecular complexity index is 520. The molecular weight excluding hydrogens is 350 g/mol. The van der Waals surface area contributed by atoms with E-state index in [2.05, 4.69) is 11.9 Å². The number of hydrogen-bond donors (Lipinski definition) is 0. The van der Waals surface area contributed by atoms with Crippen molar-refractivity contribution in [2.24, 2.45) is 0 Å². The lowest BCUT2D eigenvalue weighted by Gasteiger charge is -2.04. The van der Waals surface area contributed by atoms with E-state index in [1.54, 1.807) is 12.4 Å². The van der Waals surface area contributed by atoms with Gasteiger partial charge in [0.15, 0.2) is 0 Å². The summed E-state index contributed by atoms with van der Waals surface area (Å²) in [5.41, 5.74) is 0.938. The highest BCUT2D eigenvalue weighted by molar-refractivity contribution is 5.69. The van der Waals surface area contributed by atoms with Crippen LogP contribution in [0, 0.1) is 0 Å². The van der Waals surface area contributed by atoms with Gasteiger partial charge in [0, 0.05) is 24.4 Å². The summed E-state index contributed by atoms with van der Waals surface area (Å²) in [4.78, 5) is 15.8. The van der Waals surface area contributed by atoms with Gasteiger partial charge in [0.05, 0.1) is 12.2 Å². The highest BCUT2D eigenvalue weighted by Gasteiger charge is 2.36. The zero-order valence-electron chi connectivity index (χ0n) is 17.7. The molecule has 4 heteroatoms. The molecule has 2 rings (SSSR count). The van der Waals surface area contributed by atoms with Gasteiger partial charge in [-0.25, -0.2) is 0 Å². The largest absolute Gasteiger partial charge is 0.461 e. The SMILES string of the molecule is CCCCCCCCC1OC1CCCCCCCC(=O)OCc1cccnc1. The van der Waals surface area contributed by atoms with Crippen molar-refractivity contribution in [1.29, 1.82) is 0 Å². The first-order valence-electron chi connectivity index (χ1n) is 11.5. The van der Waals surface area contributed by atoms with Crippen LogP contribution in [0.5, 0.6) is 0 Å². The van der Waals surface area contributed by atoms with Crippen LogP contribution in [0.15, 0.2) is 24.5 Å². The van der Waals surface area contributed by atoms with Gasteiger partial charge in [-0.15, -0.1) is 0 Å². The molecule has 0 aliphatic carbocycles. The molecule has 2 unspecified atom stereocenters. The Morgan fingerprint density at radius 2 is 1.61 bits per heavy atom. The number of esters is 1. The van der Waals surface area contributed by atoms with Crippen LogP contribution in [0.1, 0.15) is 102 Å². The smallest absolute Gasteiger partial charge is 0.306 e. The summed E-state index contributed by atoms with van der Waals surface area (Å²) < 4.78 is 11.1. The summed E-state index contributed by atoms with van der Waals surface area (Å²) in [5, 5.41) is 0. The molecule has 158 valence electrons. The normalized spacial score (nSPS) is 18.2. The fourth-order valence-corrected chi connectivity index (χ4v) is 3.68. The minimum atomic E-state index is -0.104. The molecule has 0 N–H and O–H groups in total. The highest BCUT2D eigenvalue weighted by Crippen LogP contribution is 2.31. The molecule has 1 aliphatic rings. The first-order chi connectivity index (χ1) is 13.8. The van der Waals surface area contributed by atoms with Crippen molar-refractivity contribution in [3.8, 4) is 0 Å². The van der Waals surface area contributed by atoms with Crippen molar-refractivity contribution in [3.05, 3.63) is 30.1 Å². The van der Waals surface area contributed by atoms with Crippen LogP contribution in [-0.2, 0) is 20.9 Å². The standard InChI is InChI=1S/C24H39NO3/c1-2-3-4-5-7-10-15-22-23(28-22)16-11-8-6-9-12-17-24(26)27-20-21-14-13-18-25-19-21/h13-14,18-19,22-23H,2-12,15-17,20H2,1H3. The summed E-state index contributed by atoms with van der Waals surface area (Å²) >= 11 is 0. The van der Waals surface area contributed by atoms with Gasteiger partial charge in [-0.3, -0.25) is 9.78 Å². The molecule has 0 radical (unpaired) electrons. The third-order valence-corrected chi connectivity index (χ3v) is 5.52. The first-order valence-corrected chi connectivity index (χ1v) is 11.5. The molecule has 28 heavy (non-hydrogen) atoms. The Morgan fingerprint density at radius 1 is 0.964 bits per heavy atom. The van der Waals surface area contributed by atoms with E-state index in [0.29, 0.717) is 25.2 Å². The Labute approximate surface area is 171 Å². The zero-order valence-corrected chi connectivity index (χ0v) is 17.7. The molecule has 0 aromatic carbocycles. The van der Waals surface area contributed by atoms with E-state index < -0.39 is 0 Å². The molecule has 1 aromatic rings. The molecule has 1 aliphatic heterocycles. The Hall–Kier alpha value is -1.42. The third kappa shape index (κ3) is 10.8. The number of carbonyl (C=O) groups excluding carboxylic acids is 1. The maximum atomic E-state index is 11.7. The van der Waals surface area contributed by atoms with Crippen LogP contribution >= 0.6 is 0 Å². The van der Waals surface area contributed by atoms with Crippen LogP contribution in [0.4, 0.5) is 0 Å². The van der Waals surface area contributed by atoms with Crippen LogP contribution in [0.25, 0.3) is 0 Å². The van der Waals surface area contributed by atoms with Gasteiger partial charge in [0.25, 0.3) is 0 Å². The van der Waals surface area contributed by atoms with Crippen LogP contribution in [0.2, 0.25) is 0 Å². The number of ether oxygens (including phenoxy) is 2. The number of hydrogen-bond acceptors (Lipinski definition) is 4. The van der Waals surface area contributed by atoms with Gasteiger partial charge in [-0.1, -0.05) is 77.2 Å². The second-order valence-electron chi connectivity index (χ2n) is 8.10. The van der Waals surface area contributed by atoms with Gasteiger partial charge in [0.1, 0.15) is 6.61 Å². The average molecular weight is 390 g/mol. The minimum Gasteiger partial charge on any atom is -0.461 e. The zero-order chi connectivity index (χ0) is 19.9. The number of pyridine rings is 1. The lowest BCUT2D eigenvalue weighted by atomic mass is 10.0. The minimum absolute atomic E-state index is 0.104. The second-order valence-corrected chi connectivity index (χ2v) is 8.10. The van der Waals surface area contributed by atoms with Gasteiger partial charge < -0.3 is 9.47 Å². The van der Waals surface area contributed by atoms with Gasteiger partial charge >= 0.3 is 5.97 Å². The maximum absolute atomic E-state index is 11.7. The lowest BCUT2D eigenvalue weighted by Crippen LogP contribution is -2.04. The molecule has 0 spiro atoms. The number of nitrogens with zero attached hydrogens (tertiary/aromatic N) is 1. The van der Waals surface area contributed by atoms with Crippen molar-refractivity contribution in [3.63, 3.8) is 0 Å². The highest BCUT2D eigenvalue weighted by atomic mass is 16.6. The van der Waals surface area contributed by atoms with E-state index in [-0.39, 0.29) is 5.97 Å². The topological polar surface area (TPSA) is 51.7 Å². The number of carbonyl (C=O) groups is 1. The molecule has 1 aromatic heterocycles.